The summed E-state index contributed by atoms with van der Waals surface area (Å²) in [7, 11) is 0. The molecule has 3 aromatic carbocycles. The van der Waals surface area contributed by atoms with Crippen molar-refractivity contribution in [2.24, 2.45) is 5.92 Å². The predicted molar refractivity (Wildman–Crippen MR) is 122 cm³/mol. The third-order valence-electron chi connectivity index (χ3n) is 6.67. The molecule has 0 amide bonds. The third-order valence-corrected chi connectivity index (χ3v) is 6.67. The predicted octanol–water partition coefficient (Wildman–Crippen LogP) is 8.49. The van der Waals surface area contributed by atoms with Crippen LogP contribution in [0.4, 0.5) is 26.3 Å². The Morgan fingerprint density at radius 1 is 0.743 bits per heavy atom. The van der Waals surface area contributed by atoms with Crippen LogP contribution < -0.4 is 4.74 Å². The van der Waals surface area contributed by atoms with E-state index in [0.717, 1.165) is 49.8 Å². The van der Waals surface area contributed by atoms with E-state index in [-0.39, 0.29) is 35.3 Å². The Kier molecular flexibility index (Phi) is 7.72. The summed E-state index contributed by atoms with van der Waals surface area (Å²) in [5.74, 6) is -6.52. The molecule has 0 aliphatic heterocycles. The zero-order valence-electron chi connectivity index (χ0n) is 19.3. The van der Waals surface area contributed by atoms with Crippen molar-refractivity contribution in [1.29, 1.82) is 0 Å². The van der Waals surface area contributed by atoms with Gasteiger partial charge in [-0.25, -0.2) is 26.3 Å². The first-order valence-electron chi connectivity index (χ1n) is 11.8. The molecular weight excluding hydrogens is 466 g/mol. The van der Waals surface area contributed by atoms with Gasteiger partial charge in [0.2, 0.25) is 0 Å². The molecular formula is C28H26F6O. The molecule has 186 valence electrons. The molecule has 1 nitrogen and oxygen atoms in total. The van der Waals surface area contributed by atoms with E-state index < -0.39 is 34.9 Å². The van der Waals surface area contributed by atoms with E-state index in [1.807, 2.05) is 6.92 Å². The smallest absolute Gasteiger partial charge is 0.194 e. The largest absolute Gasteiger partial charge is 0.487 e. The van der Waals surface area contributed by atoms with Gasteiger partial charge in [0.1, 0.15) is 5.82 Å². The van der Waals surface area contributed by atoms with Crippen LogP contribution in [0.3, 0.4) is 0 Å². The molecule has 0 heterocycles. The highest BCUT2D eigenvalue weighted by atomic mass is 19.2. The Labute approximate surface area is 200 Å². The van der Waals surface area contributed by atoms with Crippen molar-refractivity contribution >= 4 is 0 Å². The SMILES string of the molecule is CCCc1cc(F)c(OCC2CCC(c3ccc(-c4cc(F)c(F)c(F)c4)c(F)c3)CC2)c(F)c1. The summed E-state index contributed by atoms with van der Waals surface area (Å²) in [6.45, 7) is 2.13. The van der Waals surface area contributed by atoms with E-state index in [4.69, 9.17) is 4.74 Å². The average molecular weight is 493 g/mol. The van der Waals surface area contributed by atoms with E-state index >= 15 is 0 Å². The van der Waals surface area contributed by atoms with Crippen LogP contribution in [-0.2, 0) is 6.42 Å². The Hall–Kier alpha value is -2.96. The molecule has 1 aliphatic carbocycles. The number of benzene rings is 3. The minimum atomic E-state index is -1.59. The topological polar surface area (TPSA) is 9.23 Å². The molecule has 35 heavy (non-hydrogen) atoms. The molecule has 7 heteroatoms. The van der Waals surface area contributed by atoms with Crippen LogP contribution >= 0.6 is 0 Å². The van der Waals surface area contributed by atoms with Crippen molar-refractivity contribution in [3.05, 3.63) is 88.5 Å². The summed E-state index contributed by atoms with van der Waals surface area (Å²) in [5, 5.41) is 0. The Morgan fingerprint density at radius 2 is 1.37 bits per heavy atom. The summed E-state index contributed by atoms with van der Waals surface area (Å²) in [4.78, 5) is 0. The lowest BCUT2D eigenvalue weighted by molar-refractivity contribution is 0.188. The number of hydrogen-bond donors (Lipinski definition) is 0. The van der Waals surface area contributed by atoms with Gasteiger partial charge < -0.3 is 4.74 Å². The van der Waals surface area contributed by atoms with Crippen molar-refractivity contribution in [2.75, 3.05) is 6.61 Å². The zero-order valence-corrected chi connectivity index (χ0v) is 19.3. The fourth-order valence-electron chi connectivity index (χ4n) is 4.78. The monoisotopic (exact) mass is 492 g/mol. The zero-order chi connectivity index (χ0) is 25.1. The Balaban J connectivity index is 1.36. The average Bonchev–Trinajstić information content (AvgIpc) is 2.82. The van der Waals surface area contributed by atoms with E-state index in [1.165, 1.54) is 24.3 Å². The first-order chi connectivity index (χ1) is 16.8. The molecule has 0 radical (unpaired) electrons. The van der Waals surface area contributed by atoms with Gasteiger partial charge in [0, 0.05) is 5.56 Å². The molecule has 0 N–H and O–H groups in total. The standard InChI is InChI=1S/C28H26F6O/c1-2-3-17-10-25(32)28(26(33)11-17)35-15-16-4-6-18(7-5-16)19-8-9-21(22(29)12-19)20-13-23(30)27(34)24(31)14-20/h8-14,16,18H,2-7,15H2,1H3. The summed E-state index contributed by atoms with van der Waals surface area (Å²) >= 11 is 0. The fraction of sp³-hybridized carbons (Fsp3) is 0.357. The van der Waals surface area contributed by atoms with E-state index in [9.17, 15) is 26.3 Å². The van der Waals surface area contributed by atoms with Gasteiger partial charge in [-0.1, -0.05) is 25.5 Å². The lowest BCUT2D eigenvalue weighted by atomic mass is 9.78. The summed E-state index contributed by atoms with van der Waals surface area (Å²) < 4.78 is 89.1. The summed E-state index contributed by atoms with van der Waals surface area (Å²) in [6, 6.07) is 8.66. The van der Waals surface area contributed by atoms with E-state index in [1.54, 1.807) is 6.07 Å². The van der Waals surface area contributed by atoms with Crippen LogP contribution in [0.25, 0.3) is 11.1 Å². The Morgan fingerprint density at radius 3 is 1.94 bits per heavy atom. The summed E-state index contributed by atoms with van der Waals surface area (Å²) in [5.41, 5.74) is 1.27. The van der Waals surface area contributed by atoms with E-state index in [2.05, 4.69) is 0 Å². The highest BCUT2D eigenvalue weighted by Crippen LogP contribution is 2.38. The Bertz CT molecular complexity index is 1150. The quantitative estimate of drug-likeness (QED) is 0.237. The van der Waals surface area contributed by atoms with Gasteiger partial charge in [-0.05, 0) is 91.0 Å². The minimum Gasteiger partial charge on any atom is -0.487 e. The maximum Gasteiger partial charge on any atom is 0.194 e. The van der Waals surface area contributed by atoms with Gasteiger partial charge in [-0.15, -0.1) is 0 Å². The molecule has 0 unspecified atom stereocenters. The van der Waals surface area contributed by atoms with Gasteiger partial charge >= 0.3 is 0 Å². The lowest BCUT2D eigenvalue weighted by Crippen LogP contribution is -2.20. The van der Waals surface area contributed by atoms with Crippen LogP contribution in [0, 0.1) is 40.8 Å². The molecule has 3 aromatic rings. The van der Waals surface area contributed by atoms with Crippen LogP contribution in [-0.4, -0.2) is 6.61 Å². The number of rotatable bonds is 7. The van der Waals surface area contributed by atoms with Crippen molar-refractivity contribution in [1.82, 2.24) is 0 Å². The second-order valence-electron chi connectivity index (χ2n) is 9.16. The van der Waals surface area contributed by atoms with E-state index in [0.29, 0.717) is 12.0 Å². The maximum atomic E-state index is 14.8. The van der Waals surface area contributed by atoms with Crippen LogP contribution in [0.15, 0.2) is 42.5 Å². The van der Waals surface area contributed by atoms with Crippen molar-refractivity contribution in [3.63, 3.8) is 0 Å². The second kappa shape index (κ2) is 10.8. The van der Waals surface area contributed by atoms with Gasteiger partial charge in [-0.2, -0.15) is 0 Å². The van der Waals surface area contributed by atoms with Crippen LogP contribution in [0.1, 0.15) is 56.1 Å². The van der Waals surface area contributed by atoms with Crippen molar-refractivity contribution in [2.45, 2.75) is 51.4 Å². The molecule has 4 rings (SSSR count). The molecule has 0 bridgehead atoms. The molecule has 0 atom stereocenters. The fourth-order valence-corrected chi connectivity index (χ4v) is 4.78. The van der Waals surface area contributed by atoms with Gasteiger partial charge in [0.15, 0.2) is 34.8 Å². The highest BCUT2D eigenvalue weighted by Gasteiger charge is 2.25. The lowest BCUT2D eigenvalue weighted by Gasteiger charge is -2.29. The van der Waals surface area contributed by atoms with Gasteiger partial charge in [-0.3, -0.25) is 0 Å². The molecule has 1 fully saturated rings. The second-order valence-corrected chi connectivity index (χ2v) is 9.16. The number of ether oxygens (including phenoxy) is 1. The minimum absolute atomic E-state index is 0.0114. The van der Waals surface area contributed by atoms with Crippen LogP contribution in [0.5, 0.6) is 5.75 Å². The first-order valence-corrected chi connectivity index (χ1v) is 11.8. The van der Waals surface area contributed by atoms with Crippen molar-refractivity contribution < 1.29 is 31.1 Å². The number of halogens is 6. The molecule has 0 spiro atoms. The molecule has 0 saturated heterocycles. The highest BCUT2D eigenvalue weighted by molar-refractivity contribution is 5.65. The number of aryl methyl sites for hydroxylation is 1. The van der Waals surface area contributed by atoms with Gasteiger partial charge in [0.05, 0.1) is 6.61 Å². The number of hydrogen-bond acceptors (Lipinski definition) is 1. The third kappa shape index (κ3) is 5.65. The normalized spacial score (nSPS) is 18.0. The summed E-state index contributed by atoms with van der Waals surface area (Å²) in [6.07, 6.45) is 4.37. The molecule has 1 aliphatic rings. The van der Waals surface area contributed by atoms with Crippen LogP contribution in [0.2, 0.25) is 0 Å². The molecule has 1 saturated carbocycles. The maximum absolute atomic E-state index is 14.8. The van der Waals surface area contributed by atoms with Gasteiger partial charge in [0.25, 0.3) is 0 Å². The molecule has 0 aromatic heterocycles. The first kappa shape index (κ1) is 25.1. The van der Waals surface area contributed by atoms with Crippen molar-refractivity contribution in [3.8, 4) is 16.9 Å².